The Morgan fingerprint density at radius 3 is 2.46 bits per heavy atom. The first kappa shape index (κ1) is 29.9. The van der Waals surface area contributed by atoms with Crippen molar-refractivity contribution in [1.82, 2.24) is 4.31 Å². The molecular formula is C30H30F3N3O4S. The Morgan fingerprint density at radius 2 is 1.85 bits per heavy atom. The summed E-state index contributed by atoms with van der Waals surface area (Å²) in [6, 6.07) is 10.5. The average Bonchev–Trinajstić information content (AvgIpc) is 2.95. The van der Waals surface area contributed by atoms with Gasteiger partial charge in [-0.15, -0.1) is 0 Å². The van der Waals surface area contributed by atoms with Gasteiger partial charge in [0.1, 0.15) is 6.04 Å². The first-order chi connectivity index (χ1) is 19.4. The van der Waals surface area contributed by atoms with Gasteiger partial charge < -0.3 is 5.11 Å². The molecule has 1 N–H and O–H groups in total. The zero-order chi connectivity index (χ0) is 29.9. The van der Waals surface area contributed by atoms with Gasteiger partial charge in [0.15, 0.2) is 0 Å². The van der Waals surface area contributed by atoms with Gasteiger partial charge in [0, 0.05) is 17.7 Å². The Morgan fingerprint density at radius 1 is 1.15 bits per heavy atom. The van der Waals surface area contributed by atoms with Crippen molar-refractivity contribution < 1.29 is 31.5 Å². The number of hydrogen-bond donors (Lipinski definition) is 1. The Bertz CT molecular complexity index is 1570. The molecular weight excluding hydrogens is 555 g/mol. The van der Waals surface area contributed by atoms with Crippen LogP contribution in [0.25, 0.3) is 0 Å². The molecule has 0 saturated heterocycles. The number of nitriles is 1. The molecule has 7 nitrogen and oxygen atoms in total. The first-order valence-electron chi connectivity index (χ1n) is 13.2. The molecule has 0 bridgehead atoms. The zero-order valence-corrected chi connectivity index (χ0v) is 23.5. The maximum absolute atomic E-state index is 14.3. The number of urea groups is 1. The van der Waals surface area contributed by atoms with Crippen molar-refractivity contribution in [3.63, 3.8) is 0 Å². The number of rotatable bonds is 7. The second-order valence-corrected chi connectivity index (χ2v) is 11.8. The van der Waals surface area contributed by atoms with Crippen LogP contribution in [-0.4, -0.2) is 29.6 Å². The largest absolute Gasteiger partial charge is 0.513 e. The molecule has 0 fully saturated rings. The summed E-state index contributed by atoms with van der Waals surface area (Å²) in [5, 5.41) is 19.1. The Hall–Kier alpha value is -4.04. The highest BCUT2D eigenvalue weighted by molar-refractivity contribution is 7.89. The molecule has 41 heavy (non-hydrogen) atoms. The number of anilines is 1. The lowest BCUT2D eigenvalue weighted by atomic mass is 9.81. The van der Waals surface area contributed by atoms with Crippen molar-refractivity contribution >= 4 is 21.7 Å². The second-order valence-electron chi connectivity index (χ2n) is 9.83. The van der Waals surface area contributed by atoms with Crippen LogP contribution in [0.15, 0.2) is 83.3 Å². The summed E-state index contributed by atoms with van der Waals surface area (Å²) in [7, 11) is -4.36. The third-order valence-electron chi connectivity index (χ3n) is 7.28. The normalized spacial score (nSPS) is 19.4. The van der Waals surface area contributed by atoms with E-state index in [9.17, 15) is 36.8 Å². The minimum atomic E-state index is -4.67. The van der Waals surface area contributed by atoms with E-state index < -0.39 is 39.6 Å². The molecule has 2 aromatic carbocycles. The van der Waals surface area contributed by atoms with Crippen molar-refractivity contribution in [3.05, 3.63) is 100.0 Å². The van der Waals surface area contributed by atoms with Crippen LogP contribution in [0.1, 0.15) is 68.7 Å². The number of nitrogens with zero attached hydrogens (tertiary/aromatic N) is 3. The second kappa shape index (κ2) is 11.8. The number of alkyl halides is 3. The number of sulfonamides is 1. The highest BCUT2D eigenvalue weighted by atomic mass is 32.2. The molecule has 4 rings (SSSR count). The van der Waals surface area contributed by atoms with Gasteiger partial charge in [-0.3, -0.25) is 4.90 Å². The van der Waals surface area contributed by atoms with E-state index in [1.165, 1.54) is 30.3 Å². The minimum Gasteiger partial charge on any atom is -0.513 e. The van der Waals surface area contributed by atoms with E-state index in [2.05, 4.69) is 0 Å². The molecule has 11 heteroatoms. The van der Waals surface area contributed by atoms with Crippen molar-refractivity contribution in [3.8, 4) is 6.07 Å². The maximum Gasteiger partial charge on any atom is 0.416 e. The van der Waals surface area contributed by atoms with Crippen LogP contribution >= 0.6 is 0 Å². The molecule has 0 aromatic heterocycles. The fourth-order valence-corrected chi connectivity index (χ4v) is 6.87. The number of aliphatic hydroxyl groups is 1. The molecule has 216 valence electrons. The number of halogens is 3. The van der Waals surface area contributed by atoms with Gasteiger partial charge in [0.25, 0.3) is 0 Å². The summed E-state index contributed by atoms with van der Waals surface area (Å²) in [6.45, 7) is 3.41. The first-order valence-corrected chi connectivity index (χ1v) is 14.8. The molecule has 0 spiro atoms. The van der Waals surface area contributed by atoms with Crippen LogP contribution in [0, 0.1) is 11.3 Å². The van der Waals surface area contributed by atoms with Gasteiger partial charge in [-0.05, 0) is 87.1 Å². The lowest BCUT2D eigenvalue weighted by Crippen LogP contribution is -2.53. The quantitative estimate of drug-likeness (QED) is 0.339. The number of aliphatic hydroxyl groups excluding tert-OH is 1. The van der Waals surface area contributed by atoms with E-state index in [4.69, 9.17) is 0 Å². The molecule has 2 aliphatic rings. The Kier molecular flexibility index (Phi) is 8.63. The summed E-state index contributed by atoms with van der Waals surface area (Å²) >= 11 is 0. The predicted molar refractivity (Wildman–Crippen MR) is 149 cm³/mol. The van der Waals surface area contributed by atoms with Gasteiger partial charge in [-0.2, -0.15) is 18.4 Å². The molecule has 0 radical (unpaired) electrons. The molecule has 1 aliphatic carbocycles. The number of benzene rings is 2. The van der Waals surface area contributed by atoms with E-state index >= 15 is 0 Å². The van der Waals surface area contributed by atoms with Gasteiger partial charge in [-0.25, -0.2) is 17.5 Å². The third kappa shape index (κ3) is 6.03. The molecule has 2 aromatic rings. The van der Waals surface area contributed by atoms with Gasteiger partial charge in [0.05, 0.1) is 34.4 Å². The van der Waals surface area contributed by atoms with E-state index in [1.54, 1.807) is 26.0 Å². The van der Waals surface area contributed by atoms with Crippen molar-refractivity contribution in [1.29, 1.82) is 5.26 Å². The van der Waals surface area contributed by atoms with Crippen molar-refractivity contribution in [2.24, 2.45) is 0 Å². The van der Waals surface area contributed by atoms with Gasteiger partial charge in [-0.1, -0.05) is 24.3 Å². The average molecular weight is 586 g/mol. The number of amides is 2. The number of hydrogen-bond acceptors (Lipinski definition) is 5. The third-order valence-corrected chi connectivity index (χ3v) is 9.05. The summed E-state index contributed by atoms with van der Waals surface area (Å²) in [4.78, 5) is 15.4. The molecule has 2 amide bonds. The van der Waals surface area contributed by atoms with Crippen LogP contribution in [0.4, 0.5) is 23.7 Å². The monoisotopic (exact) mass is 585 g/mol. The molecule has 1 aliphatic heterocycles. The summed E-state index contributed by atoms with van der Waals surface area (Å²) in [5.41, 5.74) is 1.53. The fraction of sp³-hybridized carbons (Fsp3) is 0.333. The van der Waals surface area contributed by atoms with E-state index in [-0.39, 0.29) is 24.3 Å². The highest BCUT2D eigenvalue weighted by Crippen LogP contribution is 2.49. The predicted octanol–water partition coefficient (Wildman–Crippen LogP) is 7.52. The summed E-state index contributed by atoms with van der Waals surface area (Å²) in [5.74, 6) is -0.471. The standard InChI is InChI=1S/C30H30F3N3O4S/c1-3-21-8-5-12-26-27(21)28(22-15-13-20(19-34)14-16-22)36(41(39,40)17-7-11-25(37)4-2)29(38)35(26)24-10-6-9-23(18-24)30(31,32)33/h3-4,6,9-10,13-16,18,28,37H,5,7-8,11-12,17H2,1-2H3. The molecule has 0 saturated carbocycles. The lowest BCUT2D eigenvalue weighted by Gasteiger charge is -2.46. The molecule has 1 heterocycles. The van der Waals surface area contributed by atoms with Crippen molar-refractivity contribution in [2.45, 2.75) is 58.2 Å². The van der Waals surface area contributed by atoms with E-state index in [0.717, 1.165) is 26.9 Å². The number of carbonyl (C=O) groups is 1. The number of carbonyl (C=O) groups excluding carboxylic acids is 1. The maximum atomic E-state index is 14.3. The molecule has 1 unspecified atom stereocenters. The topological polar surface area (TPSA) is 102 Å². The van der Waals surface area contributed by atoms with E-state index in [1.807, 2.05) is 12.1 Å². The Labute approximate surface area is 237 Å². The SMILES string of the molecule is CC=C(O)CCCS(=O)(=O)N1C(=O)N(c2cccc(C(F)(F)F)c2)C2=C(C(=CC)CCC2)C1c1ccc(C#N)cc1. The van der Waals surface area contributed by atoms with E-state index in [0.29, 0.717) is 41.7 Å². The van der Waals surface area contributed by atoms with Gasteiger partial charge in [0.2, 0.25) is 10.0 Å². The van der Waals surface area contributed by atoms with Crippen LogP contribution in [-0.2, 0) is 16.2 Å². The summed E-state index contributed by atoms with van der Waals surface area (Å²) in [6.07, 6.45) is 0.278. The molecule has 1 atom stereocenters. The highest BCUT2D eigenvalue weighted by Gasteiger charge is 2.48. The lowest BCUT2D eigenvalue weighted by molar-refractivity contribution is -0.137. The van der Waals surface area contributed by atoms with Crippen LogP contribution < -0.4 is 4.90 Å². The number of allylic oxidation sites excluding steroid dienone is 4. The van der Waals surface area contributed by atoms with Crippen LogP contribution in [0.3, 0.4) is 0 Å². The minimum absolute atomic E-state index is 0.00730. The smallest absolute Gasteiger partial charge is 0.416 e. The summed E-state index contributed by atoms with van der Waals surface area (Å²) < 4.78 is 69.6. The Balaban J connectivity index is 1.97. The fourth-order valence-electron chi connectivity index (χ4n) is 5.30. The van der Waals surface area contributed by atoms with Crippen LogP contribution in [0.5, 0.6) is 0 Å². The van der Waals surface area contributed by atoms with Gasteiger partial charge >= 0.3 is 12.2 Å². The zero-order valence-electron chi connectivity index (χ0n) is 22.6. The van der Waals surface area contributed by atoms with Crippen LogP contribution in [0.2, 0.25) is 0 Å². The van der Waals surface area contributed by atoms with Crippen molar-refractivity contribution in [2.75, 3.05) is 10.7 Å².